The first-order valence-electron chi connectivity index (χ1n) is 8.19. The average Bonchev–Trinajstić information content (AvgIpc) is 2.97. The van der Waals surface area contributed by atoms with Gasteiger partial charge in [0.2, 0.25) is 0 Å². The second kappa shape index (κ2) is 8.68. The summed E-state index contributed by atoms with van der Waals surface area (Å²) < 4.78 is 47.8. The minimum atomic E-state index is -5.29. The number of amides is 2. The van der Waals surface area contributed by atoms with Crippen molar-refractivity contribution in [3.8, 4) is 0 Å². The molecule has 2 rings (SSSR count). The van der Waals surface area contributed by atoms with Gasteiger partial charge in [0.05, 0.1) is 25.6 Å². The maximum Gasteiger partial charge on any atom is 0.472 e. The Morgan fingerprint density at radius 1 is 0.967 bits per heavy atom. The van der Waals surface area contributed by atoms with Crippen LogP contribution in [-0.4, -0.2) is 48.8 Å². The highest BCUT2D eigenvalue weighted by Crippen LogP contribution is 2.30. The normalized spacial score (nSPS) is 10.9. The summed E-state index contributed by atoms with van der Waals surface area (Å²) in [5.41, 5.74) is -0.325. The van der Waals surface area contributed by atoms with Gasteiger partial charge in [0, 0.05) is 5.56 Å². The zero-order valence-electron chi connectivity index (χ0n) is 15.9. The fourth-order valence-electron chi connectivity index (χ4n) is 2.53. The molecule has 9 nitrogen and oxygen atoms in total. The summed E-state index contributed by atoms with van der Waals surface area (Å²) in [6.07, 6.45) is -5.29. The molecule has 0 bridgehead atoms. The monoisotopic (exact) mass is 427 g/mol. The molecule has 2 aromatic rings. The SMILES string of the molecule is COC(=O)c1c(NC(=O)c2ccccc2)c(C(=O)OC)n(NC(=O)C(F)(F)F)c1C. The predicted molar refractivity (Wildman–Crippen MR) is 96.7 cm³/mol. The maximum atomic E-state index is 12.7. The van der Waals surface area contributed by atoms with E-state index in [1.165, 1.54) is 17.6 Å². The van der Waals surface area contributed by atoms with Gasteiger partial charge in [0.25, 0.3) is 5.91 Å². The summed E-state index contributed by atoms with van der Waals surface area (Å²) >= 11 is 0. The van der Waals surface area contributed by atoms with Crippen LogP contribution in [0.2, 0.25) is 0 Å². The molecular formula is C18H16F3N3O6. The van der Waals surface area contributed by atoms with Gasteiger partial charge < -0.3 is 14.8 Å². The van der Waals surface area contributed by atoms with Gasteiger partial charge in [0.15, 0.2) is 5.69 Å². The molecule has 0 fully saturated rings. The van der Waals surface area contributed by atoms with Crippen LogP contribution in [0.15, 0.2) is 30.3 Å². The van der Waals surface area contributed by atoms with E-state index < -0.39 is 46.9 Å². The Bertz CT molecular complexity index is 999. The standard InChI is InChI=1S/C18H16F3N3O6/c1-9-11(15(26)29-2)12(22-14(25)10-7-5-4-6-8-10)13(16(27)30-3)24(9)23-17(28)18(19,20)21/h4-8H,1-3H3,(H,22,25)(H,23,28). The molecule has 2 N–H and O–H groups in total. The lowest BCUT2D eigenvalue weighted by Gasteiger charge is -2.14. The lowest BCUT2D eigenvalue weighted by molar-refractivity contribution is -0.168. The van der Waals surface area contributed by atoms with E-state index >= 15 is 0 Å². The summed E-state index contributed by atoms with van der Waals surface area (Å²) in [7, 11) is 1.93. The lowest BCUT2D eigenvalue weighted by atomic mass is 10.1. The predicted octanol–water partition coefficient (Wildman–Crippen LogP) is 2.25. The van der Waals surface area contributed by atoms with E-state index in [2.05, 4.69) is 14.8 Å². The fraction of sp³-hybridized carbons (Fsp3) is 0.222. The summed E-state index contributed by atoms with van der Waals surface area (Å²) in [6, 6.07) is 7.61. The molecule has 1 aromatic heterocycles. The number of halogens is 3. The zero-order chi connectivity index (χ0) is 22.6. The van der Waals surface area contributed by atoms with Gasteiger partial charge >= 0.3 is 24.0 Å². The van der Waals surface area contributed by atoms with E-state index in [-0.39, 0.29) is 11.3 Å². The first kappa shape index (κ1) is 22.5. The fourth-order valence-corrected chi connectivity index (χ4v) is 2.53. The van der Waals surface area contributed by atoms with Crippen LogP contribution in [0.3, 0.4) is 0 Å². The molecule has 0 saturated carbocycles. The van der Waals surface area contributed by atoms with Crippen molar-refractivity contribution in [2.24, 2.45) is 0 Å². The number of esters is 2. The van der Waals surface area contributed by atoms with E-state index in [1.54, 1.807) is 18.2 Å². The second-order valence-corrected chi connectivity index (χ2v) is 5.76. The number of alkyl halides is 3. The smallest absolute Gasteiger partial charge is 0.465 e. The number of anilines is 1. The molecule has 0 spiro atoms. The molecule has 12 heteroatoms. The molecule has 1 aromatic carbocycles. The topological polar surface area (TPSA) is 116 Å². The Morgan fingerprint density at radius 3 is 2.03 bits per heavy atom. The molecule has 30 heavy (non-hydrogen) atoms. The number of carbonyl (C=O) groups excluding carboxylic acids is 4. The second-order valence-electron chi connectivity index (χ2n) is 5.76. The third-order valence-electron chi connectivity index (χ3n) is 3.92. The number of methoxy groups -OCH3 is 2. The summed E-state index contributed by atoms with van der Waals surface area (Å²) in [6.45, 7) is 1.15. The Balaban J connectivity index is 2.69. The molecule has 2 amide bonds. The van der Waals surface area contributed by atoms with Gasteiger partial charge in [-0.05, 0) is 19.1 Å². The van der Waals surface area contributed by atoms with E-state index in [0.717, 1.165) is 21.1 Å². The van der Waals surface area contributed by atoms with Gasteiger partial charge in [-0.2, -0.15) is 13.2 Å². The molecule has 0 unspecified atom stereocenters. The number of rotatable bonds is 5. The third-order valence-corrected chi connectivity index (χ3v) is 3.92. The van der Waals surface area contributed by atoms with Crippen molar-refractivity contribution in [3.63, 3.8) is 0 Å². The van der Waals surface area contributed by atoms with Crippen molar-refractivity contribution < 1.29 is 41.8 Å². The first-order valence-corrected chi connectivity index (χ1v) is 8.19. The van der Waals surface area contributed by atoms with Crippen LogP contribution in [0.5, 0.6) is 0 Å². The van der Waals surface area contributed by atoms with Crippen molar-refractivity contribution in [2.75, 3.05) is 25.0 Å². The van der Waals surface area contributed by atoms with E-state index in [1.807, 2.05) is 0 Å². The van der Waals surface area contributed by atoms with Crippen LogP contribution in [0.25, 0.3) is 0 Å². The van der Waals surface area contributed by atoms with E-state index in [4.69, 9.17) is 0 Å². The molecule has 160 valence electrons. The van der Waals surface area contributed by atoms with Crippen molar-refractivity contribution in [1.29, 1.82) is 0 Å². The average molecular weight is 427 g/mol. The quantitative estimate of drug-likeness (QED) is 0.708. The highest BCUT2D eigenvalue weighted by atomic mass is 19.4. The first-order chi connectivity index (χ1) is 14.0. The number of hydrogen-bond acceptors (Lipinski definition) is 6. The highest BCUT2D eigenvalue weighted by Gasteiger charge is 2.41. The number of nitrogens with one attached hydrogen (secondary N) is 2. The van der Waals surface area contributed by atoms with E-state index in [0.29, 0.717) is 4.68 Å². The van der Waals surface area contributed by atoms with Gasteiger partial charge in [-0.1, -0.05) is 18.2 Å². The summed E-state index contributed by atoms with van der Waals surface area (Å²) in [5.74, 6) is -5.48. The van der Waals surface area contributed by atoms with Gasteiger partial charge in [-0.25, -0.2) is 14.3 Å². The van der Waals surface area contributed by atoms with Crippen LogP contribution in [-0.2, 0) is 14.3 Å². The Kier molecular flexibility index (Phi) is 6.49. The molecule has 0 aliphatic rings. The molecule has 1 heterocycles. The minimum absolute atomic E-state index is 0.133. The van der Waals surface area contributed by atoms with Crippen LogP contribution in [0.1, 0.15) is 36.9 Å². The highest BCUT2D eigenvalue weighted by molar-refractivity contribution is 6.13. The zero-order valence-corrected chi connectivity index (χ0v) is 15.9. The molecular weight excluding hydrogens is 411 g/mol. The molecule has 0 atom stereocenters. The van der Waals surface area contributed by atoms with Gasteiger partial charge in [-0.3, -0.25) is 15.0 Å². The molecule has 0 saturated heterocycles. The van der Waals surface area contributed by atoms with Crippen molar-refractivity contribution >= 4 is 29.4 Å². The molecule has 0 radical (unpaired) electrons. The number of carbonyl (C=O) groups is 4. The number of benzene rings is 1. The van der Waals surface area contributed by atoms with Crippen LogP contribution < -0.4 is 10.7 Å². The summed E-state index contributed by atoms with van der Waals surface area (Å²) in [5, 5.41) is 2.31. The Labute approximate surface area is 167 Å². The van der Waals surface area contributed by atoms with Gasteiger partial charge in [0.1, 0.15) is 5.56 Å². The third kappa shape index (κ3) is 4.42. The van der Waals surface area contributed by atoms with E-state index in [9.17, 15) is 32.3 Å². The van der Waals surface area contributed by atoms with Crippen LogP contribution in [0, 0.1) is 6.92 Å². The Morgan fingerprint density at radius 2 is 1.53 bits per heavy atom. The summed E-state index contributed by atoms with van der Waals surface area (Å²) in [4.78, 5) is 48.6. The number of ether oxygens (including phenoxy) is 2. The minimum Gasteiger partial charge on any atom is -0.465 e. The lowest BCUT2D eigenvalue weighted by Crippen LogP contribution is -2.37. The molecule has 0 aliphatic heterocycles. The Hall–Kier alpha value is -3.83. The van der Waals surface area contributed by atoms with Crippen LogP contribution >= 0.6 is 0 Å². The van der Waals surface area contributed by atoms with Crippen molar-refractivity contribution in [2.45, 2.75) is 13.1 Å². The van der Waals surface area contributed by atoms with Gasteiger partial charge in [-0.15, -0.1) is 0 Å². The van der Waals surface area contributed by atoms with Crippen LogP contribution in [0.4, 0.5) is 18.9 Å². The maximum absolute atomic E-state index is 12.7. The van der Waals surface area contributed by atoms with Crippen molar-refractivity contribution in [1.82, 2.24) is 4.68 Å². The number of aromatic nitrogens is 1. The number of nitrogens with zero attached hydrogens (tertiary/aromatic N) is 1. The number of hydrogen-bond donors (Lipinski definition) is 2. The molecule has 0 aliphatic carbocycles. The van der Waals surface area contributed by atoms with Crippen molar-refractivity contribution in [3.05, 3.63) is 52.8 Å². The largest absolute Gasteiger partial charge is 0.472 e.